The molecule has 0 radical (unpaired) electrons. The molecule has 0 fully saturated rings. The number of rotatable bonds is 3. The maximum Gasteiger partial charge on any atom is 0.298 e. The Morgan fingerprint density at radius 2 is 2.20 bits per heavy atom. The molecule has 82 valence electrons. The fourth-order valence-corrected chi connectivity index (χ4v) is 3.82. The minimum Gasteiger partial charge on any atom is -0.358 e. The van der Waals surface area contributed by atoms with Crippen molar-refractivity contribution in [2.24, 2.45) is 0 Å². The Bertz CT molecular complexity index is 433. The van der Waals surface area contributed by atoms with Gasteiger partial charge in [0.1, 0.15) is 0 Å². The number of hydrogen-bond donors (Lipinski definition) is 1. The van der Waals surface area contributed by atoms with Gasteiger partial charge in [-0.3, -0.25) is 4.18 Å². The summed E-state index contributed by atoms with van der Waals surface area (Å²) in [5.41, 5.74) is 0.843. The van der Waals surface area contributed by atoms with Crippen molar-refractivity contribution >= 4 is 27.6 Å². The van der Waals surface area contributed by atoms with Crippen LogP contribution in [0.5, 0.6) is 0 Å². The lowest BCUT2D eigenvalue weighted by Gasteiger charge is -2.10. The average Bonchev–Trinajstić information content (AvgIpc) is 2.61. The van der Waals surface area contributed by atoms with Gasteiger partial charge >= 0.3 is 0 Å². The highest BCUT2D eigenvalue weighted by Crippen LogP contribution is 2.40. The van der Waals surface area contributed by atoms with Crippen LogP contribution in [0.3, 0.4) is 0 Å². The van der Waals surface area contributed by atoms with Crippen LogP contribution in [0.2, 0.25) is 0 Å². The highest BCUT2D eigenvalue weighted by Gasteiger charge is 2.32. The van der Waals surface area contributed by atoms with Crippen LogP contribution >= 0.6 is 11.8 Å². The van der Waals surface area contributed by atoms with E-state index in [0.29, 0.717) is 0 Å². The van der Waals surface area contributed by atoms with Crippen LogP contribution in [0.15, 0.2) is 29.2 Å². The van der Waals surface area contributed by atoms with Gasteiger partial charge in [-0.25, -0.2) is 0 Å². The molecule has 1 aliphatic rings. The van der Waals surface area contributed by atoms with Gasteiger partial charge in [0.25, 0.3) is 10.1 Å². The summed E-state index contributed by atoms with van der Waals surface area (Å²) < 4.78 is 27.2. The van der Waals surface area contributed by atoms with Crippen LogP contribution in [0.25, 0.3) is 0 Å². The Hall–Kier alpha value is -0.720. The first-order valence-electron chi connectivity index (χ1n) is 4.54. The molecular formula is C9H11NO3S2. The summed E-state index contributed by atoms with van der Waals surface area (Å²) in [5.74, 6) is 0. The van der Waals surface area contributed by atoms with E-state index in [1.165, 1.54) is 11.8 Å². The van der Waals surface area contributed by atoms with Crippen molar-refractivity contribution in [3.8, 4) is 0 Å². The normalized spacial score (nSPS) is 19.7. The van der Waals surface area contributed by atoms with Crippen molar-refractivity contribution in [3.63, 3.8) is 0 Å². The van der Waals surface area contributed by atoms with Crippen molar-refractivity contribution in [3.05, 3.63) is 24.3 Å². The highest BCUT2D eigenvalue weighted by molar-refractivity contribution is 8.12. The zero-order valence-electron chi connectivity index (χ0n) is 8.14. The summed E-state index contributed by atoms with van der Waals surface area (Å²) in [6.45, 7) is 1.82. The van der Waals surface area contributed by atoms with E-state index >= 15 is 0 Å². The van der Waals surface area contributed by atoms with E-state index in [4.69, 9.17) is 4.18 Å². The van der Waals surface area contributed by atoms with Crippen LogP contribution in [0.1, 0.15) is 6.92 Å². The maximum atomic E-state index is 11.6. The monoisotopic (exact) mass is 245 g/mol. The molecule has 1 unspecified atom stereocenters. The molecule has 0 aromatic heterocycles. The first kappa shape index (κ1) is 10.8. The molecule has 1 atom stereocenters. The largest absolute Gasteiger partial charge is 0.358 e. The third-order valence-electron chi connectivity index (χ3n) is 1.94. The van der Waals surface area contributed by atoms with Crippen molar-refractivity contribution in [1.82, 2.24) is 0 Å². The molecule has 1 aliphatic heterocycles. The Kier molecular flexibility index (Phi) is 2.90. The second kappa shape index (κ2) is 4.03. The fraction of sp³-hybridized carbons (Fsp3) is 0.333. The van der Waals surface area contributed by atoms with Crippen molar-refractivity contribution in [2.75, 3.05) is 11.9 Å². The van der Waals surface area contributed by atoms with E-state index in [-0.39, 0.29) is 6.61 Å². The first-order valence-corrected chi connectivity index (χ1v) is 6.89. The second-order valence-corrected chi connectivity index (χ2v) is 6.13. The third-order valence-corrected chi connectivity index (χ3v) is 5.08. The minimum atomic E-state index is -3.53. The number of thioether (sulfide) groups is 1. The molecular weight excluding hydrogens is 234 g/mol. The van der Waals surface area contributed by atoms with E-state index in [1.807, 2.05) is 24.3 Å². The van der Waals surface area contributed by atoms with Gasteiger partial charge in [0.2, 0.25) is 4.71 Å². The second-order valence-electron chi connectivity index (χ2n) is 2.99. The molecule has 0 aliphatic carbocycles. The Morgan fingerprint density at radius 1 is 1.47 bits per heavy atom. The quantitative estimate of drug-likeness (QED) is 0.824. The van der Waals surface area contributed by atoms with Crippen LogP contribution in [0.4, 0.5) is 5.69 Å². The smallest absolute Gasteiger partial charge is 0.298 e. The fourth-order valence-electron chi connectivity index (χ4n) is 1.32. The van der Waals surface area contributed by atoms with Gasteiger partial charge < -0.3 is 5.32 Å². The average molecular weight is 245 g/mol. The van der Waals surface area contributed by atoms with Gasteiger partial charge in [0.15, 0.2) is 0 Å². The maximum absolute atomic E-state index is 11.6. The van der Waals surface area contributed by atoms with Crippen LogP contribution < -0.4 is 5.32 Å². The number of anilines is 1. The predicted molar refractivity (Wildman–Crippen MR) is 60.3 cm³/mol. The molecule has 0 bridgehead atoms. The van der Waals surface area contributed by atoms with E-state index in [0.717, 1.165) is 10.6 Å². The lowest BCUT2D eigenvalue weighted by atomic mass is 10.3. The Labute approximate surface area is 93.1 Å². The molecule has 1 aromatic carbocycles. The van der Waals surface area contributed by atoms with E-state index in [2.05, 4.69) is 5.32 Å². The molecule has 6 heteroatoms. The standard InChI is InChI=1S/C9H11NO3S2/c1-2-13-15(11,12)9-10-7-5-3-4-6-8(7)14-9/h3-6,9-10H,2H2,1H3. The highest BCUT2D eigenvalue weighted by atomic mass is 32.3. The molecule has 0 saturated carbocycles. The van der Waals surface area contributed by atoms with Gasteiger partial charge in [-0.2, -0.15) is 8.42 Å². The van der Waals surface area contributed by atoms with Gasteiger partial charge in [0, 0.05) is 10.6 Å². The lowest BCUT2D eigenvalue weighted by molar-refractivity contribution is 0.338. The predicted octanol–water partition coefficient (Wildman–Crippen LogP) is 1.85. The molecule has 2 rings (SSSR count). The van der Waals surface area contributed by atoms with Crippen LogP contribution in [-0.2, 0) is 14.3 Å². The molecule has 1 aromatic rings. The van der Waals surface area contributed by atoms with Crippen LogP contribution in [-0.4, -0.2) is 19.7 Å². The number of para-hydroxylation sites is 1. The Morgan fingerprint density at radius 3 is 2.87 bits per heavy atom. The molecule has 0 amide bonds. The lowest BCUT2D eigenvalue weighted by Crippen LogP contribution is -2.24. The number of nitrogens with one attached hydrogen (secondary N) is 1. The molecule has 15 heavy (non-hydrogen) atoms. The summed E-state index contributed by atoms with van der Waals surface area (Å²) in [6, 6.07) is 7.48. The molecule has 0 saturated heterocycles. The zero-order valence-corrected chi connectivity index (χ0v) is 9.77. The van der Waals surface area contributed by atoms with E-state index in [9.17, 15) is 8.42 Å². The topological polar surface area (TPSA) is 55.4 Å². The Balaban J connectivity index is 2.20. The summed E-state index contributed by atoms with van der Waals surface area (Å²) in [5, 5.41) is 2.91. The van der Waals surface area contributed by atoms with Gasteiger partial charge in [-0.1, -0.05) is 23.9 Å². The van der Waals surface area contributed by atoms with Crippen molar-refractivity contribution in [2.45, 2.75) is 16.5 Å². The number of benzene rings is 1. The number of hydrogen-bond acceptors (Lipinski definition) is 5. The van der Waals surface area contributed by atoms with Gasteiger partial charge in [-0.15, -0.1) is 0 Å². The van der Waals surface area contributed by atoms with E-state index < -0.39 is 14.8 Å². The minimum absolute atomic E-state index is 0.164. The molecule has 1 N–H and O–H groups in total. The van der Waals surface area contributed by atoms with Crippen molar-refractivity contribution < 1.29 is 12.6 Å². The summed E-state index contributed by atoms with van der Waals surface area (Å²) >= 11 is 1.26. The first-order chi connectivity index (χ1) is 7.13. The summed E-state index contributed by atoms with van der Waals surface area (Å²) in [7, 11) is -3.53. The van der Waals surface area contributed by atoms with Gasteiger partial charge in [-0.05, 0) is 19.1 Å². The third kappa shape index (κ3) is 2.11. The van der Waals surface area contributed by atoms with E-state index in [1.54, 1.807) is 6.92 Å². The molecule has 1 heterocycles. The molecule has 4 nitrogen and oxygen atoms in total. The number of fused-ring (bicyclic) bond motifs is 1. The summed E-state index contributed by atoms with van der Waals surface area (Å²) in [6.07, 6.45) is 0. The van der Waals surface area contributed by atoms with Crippen LogP contribution in [0, 0.1) is 0 Å². The van der Waals surface area contributed by atoms with Gasteiger partial charge in [0.05, 0.1) is 6.61 Å². The zero-order chi connectivity index (χ0) is 10.9. The molecule has 0 spiro atoms. The summed E-state index contributed by atoms with van der Waals surface area (Å²) in [4.78, 5) is 0.936. The van der Waals surface area contributed by atoms with Crippen molar-refractivity contribution in [1.29, 1.82) is 0 Å². The SMILES string of the molecule is CCOS(=O)(=O)C1Nc2ccccc2S1.